The third-order valence-corrected chi connectivity index (χ3v) is 5.38. The van der Waals surface area contributed by atoms with E-state index < -0.39 is 0 Å². The van der Waals surface area contributed by atoms with Gasteiger partial charge in [0.2, 0.25) is 0 Å². The summed E-state index contributed by atoms with van der Waals surface area (Å²) in [6.45, 7) is 2.14. The van der Waals surface area contributed by atoms with Crippen molar-refractivity contribution in [3.8, 4) is 11.3 Å². The first-order chi connectivity index (χ1) is 11.8. The smallest absolute Gasteiger partial charge is 0.137 e. The Morgan fingerprint density at radius 2 is 1.58 bits per heavy atom. The Morgan fingerprint density at radius 3 is 2.33 bits per heavy atom. The van der Waals surface area contributed by atoms with Gasteiger partial charge in [0.05, 0.1) is 11.4 Å². The van der Waals surface area contributed by atoms with Crippen LogP contribution < -0.4 is 0 Å². The molecular weight excluding hydrogens is 292 g/mol. The van der Waals surface area contributed by atoms with Crippen molar-refractivity contribution < 1.29 is 0 Å². The average molecular weight is 318 g/mol. The van der Waals surface area contributed by atoms with Crippen LogP contribution in [0.2, 0.25) is 0 Å². The lowest BCUT2D eigenvalue weighted by atomic mass is 9.87. The molecule has 1 aliphatic rings. The van der Waals surface area contributed by atoms with Crippen LogP contribution in [0.4, 0.5) is 0 Å². The zero-order valence-corrected chi connectivity index (χ0v) is 14.5. The second-order valence-corrected chi connectivity index (χ2v) is 7.18. The van der Waals surface area contributed by atoms with Crippen LogP contribution in [0.25, 0.3) is 16.9 Å². The molecule has 1 aliphatic carbocycles. The summed E-state index contributed by atoms with van der Waals surface area (Å²) in [7, 11) is 0. The number of aryl methyl sites for hydroxylation is 1. The quantitative estimate of drug-likeness (QED) is 0.555. The van der Waals surface area contributed by atoms with Gasteiger partial charge in [-0.05, 0) is 31.9 Å². The van der Waals surface area contributed by atoms with Gasteiger partial charge in [-0.25, -0.2) is 4.98 Å². The second-order valence-electron chi connectivity index (χ2n) is 7.18. The Labute approximate surface area is 144 Å². The van der Waals surface area contributed by atoms with Gasteiger partial charge in [0.1, 0.15) is 5.65 Å². The summed E-state index contributed by atoms with van der Waals surface area (Å²) < 4.78 is 2.33. The molecule has 1 saturated carbocycles. The monoisotopic (exact) mass is 318 g/mol. The fourth-order valence-corrected chi connectivity index (χ4v) is 4.06. The predicted molar refractivity (Wildman–Crippen MR) is 100 cm³/mol. The molecule has 0 N–H and O–H groups in total. The number of hydrogen-bond donors (Lipinski definition) is 0. The van der Waals surface area contributed by atoms with Gasteiger partial charge < -0.3 is 4.40 Å². The second kappa shape index (κ2) is 6.80. The zero-order valence-electron chi connectivity index (χ0n) is 14.5. The molecule has 0 unspecified atom stereocenters. The summed E-state index contributed by atoms with van der Waals surface area (Å²) in [5, 5.41) is 0. The van der Waals surface area contributed by atoms with Crippen molar-refractivity contribution in [1.29, 1.82) is 0 Å². The number of rotatable bonds is 2. The van der Waals surface area contributed by atoms with Crippen LogP contribution in [0, 0.1) is 6.92 Å². The third kappa shape index (κ3) is 2.98. The van der Waals surface area contributed by atoms with E-state index in [2.05, 4.69) is 60.0 Å². The number of benzene rings is 1. The molecule has 0 amide bonds. The molecule has 0 saturated heterocycles. The van der Waals surface area contributed by atoms with E-state index in [0.717, 1.165) is 5.65 Å². The van der Waals surface area contributed by atoms with Crippen molar-refractivity contribution in [3.63, 3.8) is 0 Å². The first kappa shape index (κ1) is 15.4. The predicted octanol–water partition coefficient (Wildman–Crippen LogP) is 6.14. The maximum absolute atomic E-state index is 5.00. The molecule has 0 bridgehead atoms. The molecule has 2 heteroatoms. The summed E-state index contributed by atoms with van der Waals surface area (Å²) in [5.74, 6) is 0.624. The minimum atomic E-state index is 0.624. The summed E-state index contributed by atoms with van der Waals surface area (Å²) in [6, 6.07) is 15.2. The number of imidazole rings is 1. The number of fused-ring (bicyclic) bond motifs is 1. The number of aromatic nitrogens is 2. The molecule has 0 aliphatic heterocycles. The van der Waals surface area contributed by atoms with E-state index in [-0.39, 0.29) is 0 Å². The van der Waals surface area contributed by atoms with Crippen LogP contribution in [0.5, 0.6) is 0 Å². The number of nitrogens with zero attached hydrogens (tertiary/aromatic N) is 2. The Kier molecular flexibility index (Phi) is 4.38. The highest BCUT2D eigenvalue weighted by Crippen LogP contribution is 2.37. The molecule has 0 spiro atoms. The first-order valence-corrected chi connectivity index (χ1v) is 9.37. The molecule has 0 radical (unpaired) electrons. The summed E-state index contributed by atoms with van der Waals surface area (Å²) in [5.41, 5.74) is 6.24. The van der Waals surface area contributed by atoms with Crippen LogP contribution in [-0.2, 0) is 0 Å². The van der Waals surface area contributed by atoms with Gasteiger partial charge in [0.25, 0.3) is 0 Å². The largest absolute Gasteiger partial charge is 0.303 e. The van der Waals surface area contributed by atoms with Crippen LogP contribution >= 0.6 is 0 Å². The van der Waals surface area contributed by atoms with E-state index in [1.807, 2.05) is 0 Å². The van der Waals surface area contributed by atoms with E-state index in [9.17, 15) is 0 Å². The van der Waals surface area contributed by atoms with Crippen molar-refractivity contribution >= 4 is 5.65 Å². The lowest BCUT2D eigenvalue weighted by molar-refractivity contribution is 0.449. The van der Waals surface area contributed by atoms with E-state index in [1.165, 1.54) is 67.5 Å². The van der Waals surface area contributed by atoms with E-state index in [1.54, 1.807) is 0 Å². The van der Waals surface area contributed by atoms with Crippen molar-refractivity contribution in [2.75, 3.05) is 0 Å². The van der Waals surface area contributed by atoms with E-state index >= 15 is 0 Å². The van der Waals surface area contributed by atoms with Gasteiger partial charge in [-0.2, -0.15) is 0 Å². The Balaban J connectivity index is 1.84. The molecule has 24 heavy (non-hydrogen) atoms. The molecule has 2 nitrogen and oxygen atoms in total. The summed E-state index contributed by atoms with van der Waals surface area (Å²) in [6.07, 6.45) is 11.6. The summed E-state index contributed by atoms with van der Waals surface area (Å²) >= 11 is 0. The molecule has 1 aromatic carbocycles. The highest BCUT2D eigenvalue weighted by atomic mass is 15.0. The third-order valence-electron chi connectivity index (χ3n) is 5.38. The lowest BCUT2D eigenvalue weighted by Gasteiger charge is -2.21. The minimum Gasteiger partial charge on any atom is -0.303 e. The van der Waals surface area contributed by atoms with E-state index in [4.69, 9.17) is 4.98 Å². The fraction of sp³-hybridized carbons (Fsp3) is 0.409. The van der Waals surface area contributed by atoms with Gasteiger partial charge in [0.15, 0.2) is 0 Å². The van der Waals surface area contributed by atoms with Gasteiger partial charge in [-0.3, -0.25) is 0 Å². The van der Waals surface area contributed by atoms with Crippen LogP contribution in [0.15, 0.2) is 48.7 Å². The Hall–Kier alpha value is -2.09. The first-order valence-electron chi connectivity index (χ1n) is 9.37. The molecule has 1 fully saturated rings. The maximum atomic E-state index is 5.00. The lowest BCUT2D eigenvalue weighted by Crippen LogP contribution is -2.07. The molecule has 3 aromatic rings. The molecular formula is C22H26N2. The number of hydrogen-bond acceptors (Lipinski definition) is 1. The van der Waals surface area contributed by atoms with Gasteiger partial charge >= 0.3 is 0 Å². The van der Waals surface area contributed by atoms with Gasteiger partial charge in [-0.1, -0.05) is 68.0 Å². The van der Waals surface area contributed by atoms with Crippen LogP contribution in [0.1, 0.15) is 62.1 Å². The SMILES string of the molecule is Cc1ccc(-c2nc3ccccn3c2C2CCCCCCC2)cc1. The molecule has 0 atom stereocenters. The fourth-order valence-electron chi connectivity index (χ4n) is 4.06. The van der Waals surface area contributed by atoms with Gasteiger partial charge in [-0.15, -0.1) is 0 Å². The maximum Gasteiger partial charge on any atom is 0.137 e. The molecule has 2 heterocycles. The van der Waals surface area contributed by atoms with Crippen molar-refractivity contribution in [1.82, 2.24) is 9.38 Å². The zero-order chi connectivity index (χ0) is 16.4. The van der Waals surface area contributed by atoms with Crippen LogP contribution in [0.3, 0.4) is 0 Å². The highest BCUT2D eigenvalue weighted by Gasteiger charge is 2.23. The molecule has 4 rings (SSSR count). The van der Waals surface area contributed by atoms with E-state index in [0.29, 0.717) is 5.92 Å². The molecule has 124 valence electrons. The highest BCUT2D eigenvalue weighted by molar-refractivity contribution is 5.67. The average Bonchev–Trinajstić information content (AvgIpc) is 2.95. The van der Waals surface area contributed by atoms with Crippen LogP contribution in [-0.4, -0.2) is 9.38 Å². The molecule has 2 aromatic heterocycles. The Morgan fingerprint density at radius 1 is 0.875 bits per heavy atom. The van der Waals surface area contributed by atoms with Crippen molar-refractivity contribution in [2.24, 2.45) is 0 Å². The van der Waals surface area contributed by atoms with Gasteiger partial charge in [0, 0.05) is 17.7 Å². The minimum absolute atomic E-state index is 0.624. The Bertz CT molecular complexity index is 806. The summed E-state index contributed by atoms with van der Waals surface area (Å²) in [4.78, 5) is 5.00. The van der Waals surface area contributed by atoms with Crippen molar-refractivity contribution in [3.05, 3.63) is 59.9 Å². The topological polar surface area (TPSA) is 17.3 Å². The van der Waals surface area contributed by atoms with Crippen molar-refractivity contribution in [2.45, 2.75) is 57.8 Å². The normalized spacial score (nSPS) is 16.9. The standard InChI is InChI=1S/C22H26N2/c1-17-12-14-18(15-13-17)21-22(19-9-5-3-2-4-6-10-19)24-16-8-7-11-20(24)23-21/h7-8,11-16,19H,2-6,9-10H2,1H3. The number of pyridine rings is 1.